The van der Waals surface area contributed by atoms with Crippen LogP contribution in [0.2, 0.25) is 0 Å². The van der Waals surface area contributed by atoms with Gasteiger partial charge in [0, 0.05) is 13.6 Å². The highest BCUT2D eigenvalue weighted by atomic mass is 19.1. The Morgan fingerprint density at radius 3 is 2.50 bits per heavy atom. The van der Waals surface area contributed by atoms with Gasteiger partial charge in [-0.05, 0) is 26.0 Å². The second kappa shape index (κ2) is 4.61. The second-order valence-corrected chi connectivity index (χ2v) is 4.45. The van der Waals surface area contributed by atoms with Crippen LogP contribution >= 0.6 is 0 Å². The van der Waals surface area contributed by atoms with Gasteiger partial charge in [-0.15, -0.1) is 0 Å². The van der Waals surface area contributed by atoms with Crippen molar-refractivity contribution in [2.24, 2.45) is 0 Å². The molecule has 4 heteroatoms. The first-order chi connectivity index (χ1) is 7.31. The number of hydrogen-bond donors (Lipinski definition) is 1. The van der Waals surface area contributed by atoms with Crippen LogP contribution < -0.4 is 0 Å². The Kier molecular flexibility index (Phi) is 3.65. The lowest BCUT2D eigenvalue weighted by molar-refractivity contribution is 0.0365. The zero-order valence-corrected chi connectivity index (χ0v) is 9.70. The molecular formula is C12H16FNO2. The zero-order chi connectivity index (χ0) is 12.3. The Balaban J connectivity index is 2.83. The van der Waals surface area contributed by atoms with Gasteiger partial charge in [0.15, 0.2) is 0 Å². The van der Waals surface area contributed by atoms with Crippen LogP contribution in [0, 0.1) is 5.82 Å². The fourth-order valence-electron chi connectivity index (χ4n) is 1.49. The van der Waals surface area contributed by atoms with Crippen molar-refractivity contribution in [1.29, 1.82) is 0 Å². The summed E-state index contributed by atoms with van der Waals surface area (Å²) >= 11 is 0. The van der Waals surface area contributed by atoms with Gasteiger partial charge in [-0.1, -0.05) is 12.1 Å². The minimum absolute atomic E-state index is 0.0225. The number of carbonyl (C=O) groups is 1. The molecule has 1 amide bonds. The van der Waals surface area contributed by atoms with E-state index in [9.17, 15) is 14.3 Å². The average molecular weight is 225 g/mol. The summed E-state index contributed by atoms with van der Waals surface area (Å²) in [4.78, 5) is 13.1. The van der Waals surface area contributed by atoms with E-state index in [0.29, 0.717) is 0 Å². The van der Waals surface area contributed by atoms with Crippen LogP contribution in [-0.4, -0.2) is 35.1 Å². The minimum Gasteiger partial charge on any atom is -0.389 e. The number of aliphatic hydroxyl groups is 1. The molecule has 0 unspecified atom stereocenters. The van der Waals surface area contributed by atoms with Crippen molar-refractivity contribution in [3.63, 3.8) is 0 Å². The van der Waals surface area contributed by atoms with Crippen LogP contribution in [0.15, 0.2) is 24.3 Å². The third kappa shape index (κ3) is 3.31. The highest BCUT2D eigenvalue weighted by Crippen LogP contribution is 2.11. The maximum absolute atomic E-state index is 13.3. The Morgan fingerprint density at radius 1 is 1.44 bits per heavy atom. The molecule has 1 rings (SSSR count). The van der Waals surface area contributed by atoms with E-state index in [0.717, 1.165) is 0 Å². The third-order valence-corrected chi connectivity index (χ3v) is 2.08. The summed E-state index contributed by atoms with van der Waals surface area (Å²) in [5, 5.41) is 9.57. The zero-order valence-electron chi connectivity index (χ0n) is 9.70. The molecule has 0 aromatic heterocycles. The van der Waals surface area contributed by atoms with Crippen LogP contribution in [0.4, 0.5) is 4.39 Å². The molecule has 1 aromatic carbocycles. The van der Waals surface area contributed by atoms with Crippen molar-refractivity contribution >= 4 is 5.91 Å². The van der Waals surface area contributed by atoms with Gasteiger partial charge in [-0.25, -0.2) is 4.39 Å². The van der Waals surface area contributed by atoms with Gasteiger partial charge in [0.2, 0.25) is 0 Å². The summed E-state index contributed by atoms with van der Waals surface area (Å²) < 4.78 is 13.3. The topological polar surface area (TPSA) is 40.5 Å². The predicted molar refractivity (Wildman–Crippen MR) is 59.7 cm³/mol. The van der Waals surface area contributed by atoms with Crippen LogP contribution in [0.1, 0.15) is 24.2 Å². The first kappa shape index (κ1) is 12.6. The lowest BCUT2D eigenvalue weighted by Crippen LogP contribution is -2.39. The van der Waals surface area contributed by atoms with Gasteiger partial charge in [-0.2, -0.15) is 0 Å². The van der Waals surface area contributed by atoms with E-state index >= 15 is 0 Å². The second-order valence-electron chi connectivity index (χ2n) is 4.45. The van der Waals surface area contributed by atoms with Gasteiger partial charge < -0.3 is 10.0 Å². The summed E-state index contributed by atoms with van der Waals surface area (Å²) in [6.07, 6.45) is 0. The standard InChI is InChI=1S/C12H16FNO2/c1-12(2,16)8-14(3)11(15)9-6-4-5-7-10(9)13/h4-7,16H,8H2,1-3H3. The van der Waals surface area contributed by atoms with Crippen molar-refractivity contribution in [3.8, 4) is 0 Å². The molecular weight excluding hydrogens is 209 g/mol. The molecule has 0 saturated carbocycles. The number of nitrogens with zero attached hydrogens (tertiary/aromatic N) is 1. The summed E-state index contributed by atoms with van der Waals surface area (Å²) in [7, 11) is 1.53. The summed E-state index contributed by atoms with van der Waals surface area (Å²) in [5.74, 6) is -0.977. The highest BCUT2D eigenvalue weighted by molar-refractivity contribution is 5.94. The highest BCUT2D eigenvalue weighted by Gasteiger charge is 2.21. The molecule has 0 saturated heterocycles. The molecule has 1 aromatic rings. The van der Waals surface area contributed by atoms with Gasteiger partial charge >= 0.3 is 0 Å². The van der Waals surface area contributed by atoms with Crippen molar-refractivity contribution in [2.75, 3.05) is 13.6 Å². The largest absolute Gasteiger partial charge is 0.389 e. The number of benzene rings is 1. The number of hydrogen-bond acceptors (Lipinski definition) is 2. The Hall–Kier alpha value is -1.42. The van der Waals surface area contributed by atoms with Gasteiger partial charge in [-0.3, -0.25) is 4.79 Å². The van der Waals surface area contributed by atoms with E-state index < -0.39 is 17.3 Å². The normalized spacial score (nSPS) is 11.3. The van der Waals surface area contributed by atoms with Crippen LogP contribution in [0.25, 0.3) is 0 Å². The fourth-order valence-corrected chi connectivity index (χ4v) is 1.49. The molecule has 0 heterocycles. The number of rotatable bonds is 3. The van der Waals surface area contributed by atoms with Crippen molar-refractivity contribution < 1.29 is 14.3 Å². The maximum Gasteiger partial charge on any atom is 0.256 e. The molecule has 0 radical (unpaired) electrons. The number of carbonyl (C=O) groups excluding carboxylic acids is 1. The number of amides is 1. The van der Waals surface area contributed by atoms with E-state index in [4.69, 9.17) is 0 Å². The Bertz CT molecular complexity index is 385. The van der Waals surface area contributed by atoms with Gasteiger partial charge in [0.1, 0.15) is 5.82 Å². The first-order valence-corrected chi connectivity index (χ1v) is 5.03. The lowest BCUT2D eigenvalue weighted by atomic mass is 10.1. The van der Waals surface area contributed by atoms with E-state index in [-0.39, 0.29) is 12.1 Å². The summed E-state index contributed by atoms with van der Waals surface area (Å²) in [6.45, 7) is 3.34. The quantitative estimate of drug-likeness (QED) is 0.850. The van der Waals surface area contributed by atoms with Crippen molar-refractivity contribution in [1.82, 2.24) is 4.90 Å². The minimum atomic E-state index is -0.990. The van der Waals surface area contributed by atoms with E-state index in [1.807, 2.05) is 0 Å². The van der Waals surface area contributed by atoms with Crippen molar-refractivity contribution in [3.05, 3.63) is 35.6 Å². The number of likely N-dealkylation sites (N-methyl/N-ethyl adjacent to an activating group) is 1. The van der Waals surface area contributed by atoms with Crippen LogP contribution in [0.3, 0.4) is 0 Å². The Morgan fingerprint density at radius 2 is 2.00 bits per heavy atom. The molecule has 1 N–H and O–H groups in total. The van der Waals surface area contributed by atoms with Crippen molar-refractivity contribution in [2.45, 2.75) is 19.4 Å². The van der Waals surface area contributed by atoms with E-state index in [2.05, 4.69) is 0 Å². The summed E-state index contributed by atoms with van der Waals surface area (Å²) in [6, 6.07) is 5.81. The van der Waals surface area contributed by atoms with Gasteiger partial charge in [0.05, 0.1) is 11.2 Å². The molecule has 88 valence electrons. The summed E-state index contributed by atoms with van der Waals surface area (Å²) in [5.41, 5.74) is -0.968. The van der Waals surface area contributed by atoms with Crippen LogP contribution in [0.5, 0.6) is 0 Å². The predicted octanol–water partition coefficient (Wildman–Crippen LogP) is 1.67. The molecule has 0 atom stereocenters. The molecule has 0 fully saturated rings. The maximum atomic E-state index is 13.3. The fraction of sp³-hybridized carbons (Fsp3) is 0.417. The molecule has 0 spiro atoms. The molecule has 0 aliphatic rings. The SMILES string of the molecule is CN(CC(C)(C)O)C(=O)c1ccccc1F. The van der Waals surface area contributed by atoms with Crippen LogP contribution in [-0.2, 0) is 0 Å². The van der Waals surface area contributed by atoms with Gasteiger partial charge in [0.25, 0.3) is 5.91 Å². The number of halogens is 1. The monoisotopic (exact) mass is 225 g/mol. The molecule has 0 aliphatic heterocycles. The Labute approximate surface area is 94.5 Å². The molecule has 0 bridgehead atoms. The van der Waals surface area contributed by atoms with E-state index in [1.165, 1.54) is 30.1 Å². The first-order valence-electron chi connectivity index (χ1n) is 5.03. The lowest BCUT2D eigenvalue weighted by Gasteiger charge is -2.25. The average Bonchev–Trinajstić information content (AvgIpc) is 2.15. The molecule has 0 aliphatic carbocycles. The third-order valence-electron chi connectivity index (χ3n) is 2.08. The smallest absolute Gasteiger partial charge is 0.256 e. The molecule has 16 heavy (non-hydrogen) atoms. The van der Waals surface area contributed by atoms with E-state index in [1.54, 1.807) is 19.9 Å². The molecule has 3 nitrogen and oxygen atoms in total.